The van der Waals surface area contributed by atoms with E-state index in [2.05, 4.69) is 67.7 Å². The lowest BCUT2D eigenvalue weighted by atomic mass is 10.2. The average molecular weight is 333 g/mol. The molecule has 0 spiro atoms. The van der Waals surface area contributed by atoms with Gasteiger partial charge < -0.3 is 9.22 Å². The minimum absolute atomic E-state index is 0.268. The molecule has 128 valence electrons. The molecule has 4 heteroatoms. The van der Waals surface area contributed by atoms with Crippen molar-refractivity contribution in [3.63, 3.8) is 0 Å². The van der Waals surface area contributed by atoms with Crippen LogP contribution in [0.5, 0.6) is 0 Å². The van der Waals surface area contributed by atoms with Gasteiger partial charge in [-0.25, -0.2) is 0 Å². The van der Waals surface area contributed by atoms with Crippen LogP contribution in [0.3, 0.4) is 0 Å². The zero-order valence-electron chi connectivity index (χ0n) is 16.4. The molecule has 0 aromatic carbocycles. The van der Waals surface area contributed by atoms with E-state index < -0.39 is 16.6 Å². The number of hydrogen-bond acceptors (Lipinski definition) is 2. The fraction of sp³-hybridized carbons (Fsp3) is 0.882. The van der Waals surface area contributed by atoms with E-state index in [1.807, 2.05) is 19.1 Å². The van der Waals surface area contributed by atoms with Gasteiger partial charge in [-0.2, -0.15) is 0 Å². The van der Waals surface area contributed by atoms with E-state index in [0.717, 1.165) is 6.42 Å². The Balaban J connectivity index is 0. The molecule has 0 saturated heterocycles. The first kappa shape index (κ1) is 23.4. The van der Waals surface area contributed by atoms with Gasteiger partial charge in [0.1, 0.15) is 0 Å². The molecule has 0 aliphatic carbocycles. The van der Waals surface area contributed by atoms with Crippen molar-refractivity contribution in [2.24, 2.45) is 0 Å². The number of allylic oxidation sites excluding steroid dienone is 1. The summed E-state index contributed by atoms with van der Waals surface area (Å²) in [4.78, 5) is 0. The molecule has 2 nitrogen and oxygen atoms in total. The Hall–Kier alpha value is 0.0938. The maximum absolute atomic E-state index is 8.15. The van der Waals surface area contributed by atoms with Crippen LogP contribution in [-0.4, -0.2) is 28.3 Å². The van der Waals surface area contributed by atoms with Gasteiger partial charge in [0.2, 0.25) is 0 Å². The summed E-state index contributed by atoms with van der Waals surface area (Å²) in [6.45, 7) is 25.5. The third-order valence-corrected chi connectivity index (χ3v) is 16.0. The second-order valence-electron chi connectivity index (χ2n) is 8.70. The largest absolute Gasteiger partial charge is 0.455 e. The molecule has 0 fully saturated rings. The van der Waals surface area contributed by atoms with Gasteiger partial charge >= 0.3 is 0 Å². The lowest BCUT2D eigenvalue weighted by Crippen LogP contribution is -2.53. The fourth-order valence-electron chi connectivity index (χ4n) is 1.19. The van der Waals surface area contributed by atoms with Crippen molar-refractivity contribution in [2.75, 3.05) is 6.61 Å². The van der Waals surface area contributed by atoms with Gasteiger partial charge in [0.05, 0.1) is 0 Å². The highest BCUT2D eigenvalue weighted by Gasteiger charge is 2.46. The van der Waals surface area contributed by atoms with E-state index in [0.29, 0.717) is 10.1 Å². The Labute approximate surface area is 136 Å². The minimum Gasteiger partial charge on any atom is -0.455 e. The van der Waals surface area contributed by atoms with Crippen molar-refractivity contribution < 1.29 is 9.22 Å². The topological polar surface area (TPSA) is 29.5 Å². The second-order valence-corrected chi connectivity index (χ2v) is 18.6. The van der Waals surface area contributed by atoms with Crippen LogP contribution in [0.2, 0.25) is 36.3 Å². The molecule has 0 bridgehead atoms. The summed E-state index contributed by atoms with van der Waals surface area (Å²) >= 11 is 0. The van der Waals surface area contributed by atoms with Crippen molar-refractivity contribution in [1.29, 1.82) is 0 Å². The van der Waals surface area contributed by atoms with Crippen molar-refractivity contribution in [3.05, 3.63) is 12.2 Å². The van der Waals surface area contributed by atoms with Crippen LogP contribution in [0.4, 0.5) is 0 Å². The van der Waals surface area contributed by atoms with Crippen molar-refractivity contribution in [1.82, 2.24) is 0 Å². The van der Waals surface area contributed by atoms with Gasteiger partial charge in [-0.15, -0.1) is 0 Å². The molecule has 0 radical (unpaired) electrons. The van der Waals surface area contributed by atoms with Gasteiger partial charge in [-0.1, -0.05) is 53.7 Å². The summed E-state index contributed by atoms with van der Waals surface area (Å²) in [6.07, 6.45) is 4.65. The summed E-state index contributed by atoms with van der Waals surface area (Å²) in [5.41, 5.74) is 0. The highest BCUT2D eigenvalue weighted by molar-refractivity contribution is 6.87. The Bertz CT molecular complexity index is 284. The van der Waals surface area contributed by atoms with Crippen LogP contribution in [0, 0.1) is 0 Å². The van der Waals surface area contributed by atoms with Gasteiger partial charge in [-0.3, -0.25) is 0 Å². The Morgan fingerprint density at radius 2 is 1.19 bits per heavy atom. The Morgan fingerprint density at radius 3 is 1.33 bits per heavy atom. The monoisotopic (exact) mass is 332 g/mol. The molecule has 0 aromatic rings. The van der Waals surface area contributed by atoms with Crippen LogP contribution < -0.4 is 0 Å². The third-order valence-electron chi connectivity index (χ3n) is 4.65. The van der Waals surface area contributed by atoms with E-state index in [4.69, 9.17) is 9.22 Å². The summed E-state index contributed by atoms with van der Waals surface area (Å²) in [5, 5.41) is 8.79. The summed E-state index contributed by atoms with van der Waals surface area (Å²) < 4.78 is 6.63. The van der Waals surface area contributed by atoms with Gasteiger partial charge in [0, 0.05) is 6.61 Å². The maximum Gasteiger partial charge on any atom is 0.178 e. The van der Waals surface area contributed by atoms with E-state index in [9.17, 15) is 0 Å². The van der Waals surface area contributed by atoms with Crippen molar-refractivity contribution in [2.45, 2.75) is 91.2 Å². The fourth-order valence-corrected chi connectivity index (χ4v) is 8.74. The molecule has 1 N–H and O–H groups in total. The summed E-state index contributed by atoms with van der Waals surface area (Å²) in [5.74, 6) is 0. The van der Waals surface area contributed by atoms with E-state index in [1.54, 1.807) is 0 Å². The molecule has 0 rings (SSSR count). The molecule has 0 unspecified atom stereocenters. The lowest BCUT2D eigenvalue weighted by molar-refractivity contribution is 0.302. The Kier molecular flexibility index (Phi) is 9.63. The van der Waals surface area contributed by atoms with Gasteiger partial charge in [0.25, 0.3) is 0 Å². The number of aliphatic hydroxyl groups excluding tert-OH is 1. The quantitative estimate of drug-likeness (QED) is 0.508. The molecule has 0 aliphatic heterocycles. The number of rotatable bonds is 4. The SMILES string of the molecule is CC(C)(C)[Si](C)(C)O[Si](C)(C)C(C)(C)C.CC=CCCO. The van der Waals surface area contributed by atoms with Crippen LogP contribution in [0.15, 0.2) is 12.2 Å². The zero-order chi connectivity index (χ0) is 17.5. The summed E-state index contributed by atoms with van der Waals surface area (Å²) in [7, 11) is -3.18. The first-order valence-corrected chi connectivity index (χ1v) is 13.9. The molecule has 21 heavy (non-hydrogen) atoms. The Morgan fingerprint density at radius 1 is 0.857 bits per heavy atom. The molecule has 0 amide bonds. The van der Waals surface area contributed by atoms with Crippen LogP contribution >= 0.6 is 0 Å². The lowest BCUT2D eigenvalue weighted by Gasteiger charge is -2.47. The van der Waals surface area contributed by atoms with Crippen LogP contribution in [0.1, 0.15) is 54.9 Å². The van der Waals surface area contributed by atoms with Gasteiger partial charge in [0.15, 0.2) is 16.6 Å². The van der Waals surface area contributed by atoms with E-state index in [-0.39, 0.29) is 6.61 Å². The standard InChI is InChI=1S/C12H30OSi2.C5H10O/c1-11(2,3)14(7,8)13-15(9,10)12(4,5)6;1-2-3-4-5-6/h1-10H3;2-3,6H,4-5H2,1H3. The molecule has 0 aromatic heterocycles. The molecule has 0 atom stereocenters. The predicted molar refractivity (Wildman–Crippen MR) is 102 cm³/mol. The normalized spacial score (nSPS) is 14.1. The third kappa shape index (κ3) is 8.96. The maximum atomic E-state index is 8.15. The predicted octanol–water partition coefficient (Wildman–Crippen LogP) is 5.96. The number of hydrogen-bond donors (Lipinski definition) is 1. The van der Waals surface area contributed by atoms with Crippen LogP contribution in [0.25, 0.3) is 0 Å². The average Bonchev–Trinajstić information content (AvgIpc) is 2.22. The molecule has 0 heterocycles. The highest BCUT2D eigenvalue weighted by atomic mass is 28.4. The second kappa shape index (κ2) is 8.65. The van der Waals surface area contributed by atoms with Gasteiger partial charge in [-0.05, 0) is 49.6 Å². The smallest absolute Gasteiger partial charge is 0.178 e. The molecule has 0 aliphatic rings. The minimum atomic E-state index is -1.59. The highest BCUT2D eigenvalue weighted by Crippen LogP contribution is 2.44. The first-order valence-electron chi connectivity index (χ1n) is 8.04. The summed E-state index contributed by atoms with van der Waals surface area (Å²) in [6, 6.07) is 0. The molecule has 0 saturated carbocycles. The van der Waals surface area contributed by atoms with E-state index >= 15 is 0 Å². The van der Waals surface area contributed by atoms with E-state index in [1.165, 1.54) is 0 Å². The first-order chi connectivity index (χ1) is 9.12. The molecular weight excluding hydrogens is 292 g/mol. The molecular formula is C17H40O2Si2. The number of aliphatic hydroxyl groups is 1. The van der Waals surface area contributed by atoms with Crippen LogP contribution in [-0.2, 0) is 4.12 Å². The zero-order valence-corrected chi connectivity index (χ0v) is 18.4. The van der Waals surface area contributed by atoms with Crippen molar-refractivity contribution >= 4 is 16.6 Å². The van der Waals surface area contributed by atoms with Crippen molar-refractivity contribution in [3.8, 4) is 0 Å².